The second-order valence-electron chi connectivity index (χ2n) is 6.37. The Hall–Kier alpha value is -1.84. The lowest BCUT2D eigenvalue weighted by atomic mass is 10.1. The molecule has 4 nitrogen and oxygen atoms in total. The van der Waals surface area contributed by atoms with Gasteiger partial charge in [-0.1, -0.05) is 19.4 Å². The lowest BCUT2D eigenvalue weighted by molar-refractivity contribution is -0.126. The Morgan fingerprint density at radius 1 is 1.36 bits per heavy atom. The van der Waals surface area contributed by atoms with Gasteiger partial charge in [-0.05, 0) is 50.5 Å². The summed E-state index contributed by atoms with van der Waals surface area (Å²) in [7, 11) is 0. The van der Waals surface area contributed by atoms with Gasteiger partial charge in [0.25, 0.3) is 0 Å². The van der Waals surface area contributed by atoms with Crippen molar-refractivity contribution >= 4 is 17.5 Å². The van der Waals surface area contributed by atoms with Crippen molar-refractivity contribution in [2.24, 2.45) is 5.92 Å². The number of aryl methyl sites for hydroxylation is 2. The number of nitrogens with zero attached hydrogens (tertiary/aromatic N) is 1. The summed E-state index contributed by atoms with van der Waals surface area (Å²) in [6.07, 6.45) is 2.31. The van der Waals surface area contributed by atoms with Gasteiger partial charge in [0, 0.05) is 24.7 Å². The molecule has 0 aromatic heterocycles. The summed E-state index contributed by atoms with van der Waals surface area (Å²) in [6.45, 7) is 8.68. The molecule has 1 aromatic rings. The fourth-order valence-corrected chi connectivity index (χ4v) is 2.89. The Labute approximate surface area is 132 Å². The van der Waals surface area contributed by atoms with E-state index >= 15 is 0 Å². The van der Waals surface area contributed by atoms with Gasteiger partial charge in [0.1, 0.15) is 0 Å². The highest BCUT2D eigenvalue weighted by Crippen LogP contribution is 2.27. The molecule has 22 heavy (non-hydrogen) atoms. The van der Waals surface area contributed by atoms with Crippen molar-refractivity contribution in [3.05, 3.63) is 29.3 Å². The molecule has 0 radical (unpaired) electrons. The van der Waals surface area contributed by atoms with Crippen molar-refractivity contribution in [3.8, 4) is 0 Å². The first-order valence-electron chi connectivity index (χ1n) is 8.10. The molecule has 1 N–H and O–H groups in total. The Kier molecular flexibility index (Phi) is 5.22. The van der Waals surface area contributed by atoms with E-state index in [0.29, 0.717) is 13.0 Å². The average Bonchev–Trinajstić information content (AvgIpc) is 2.84. The zero-order chi connectivity index (χ0) is 16.3. The van der Waals surface area contributed by atoms with E-state index in [-0.39, 0.29) is 23.8 Å². The van der Waals surface area contributed by atoms with Gasteiger partial charge in [0.15, 0.2) is 0 Å². The van der Waals surface area contributed by atoms with Crippen LogP contribution < -0.4 is 10.2 Å². The van der Waals surface area contributed by atoms with E-state index in [4.69, 9.17) is 0 Å². The van der Waals surface area contributed by atoms with Gasteiger partial charge < -0.3 is 10.2 Å². The Balaban J connectivity index is 2.04. The highest BCUT2D eigenvalue weighted by atomic mass is 16.2. The van der Waals surface area contributed by atoms with Crippen LogP contribution in [0.5, 0.6) is 0 Å². The van der Waals surface area contributed by atoms with Crippen molar-refractivity contribution in [1.29, 1.82) is 0 Å². The lowest BCUT2D eigenvalue weighted by Gasteiger charge is -2.19. The molecule has 1 fully saturated rings. The number of anilines is 1. The first kappa shape index (κ1) is 16.5. The van der Waals surface area contributed by atoms with Crippen LogP contribution in [0.25, 0.3) is 0 Å². The molecule has 2 atom stereocenters. The number of hydrogen-bond donors (Lipinski definition) is 1. The van der Waals surface area contributed by atoms with Gasteiger partial charge in [-0.15, -0.1) is 0 Å². The minimum atomic E-state index is -0.242. The van der Waals surface area contributed by atoms with E-state index in [1.54, 1.807) is 4.90 Å². The Bertz CT molecular complexity index is 568. The second kappa shape index (κ2) is 6.95. The number of hydrogen-bond acceptors (Lipinski definition) is 2. The van der Waals surface area contributed by atoms with Crippen LogP contribution in [0.2, 0.25) is 0 Å². The van der Waals surface area contributed by atoms with Crippen LogP contribution in [-0.4, -0.2) is 24.4 Å². The monoisotopic (exact) mass is 302 g/mol. The lowest BCUT2D eigenvalue weighted by Crippen LogP contribution is -2.38. The summed E-state index contributed by atoms with van der Waals surface area (Å²) in [5, 5.41) is 3.02. The average molecular weight is 302 g/mol. The first-order valence-corrected chi connectivity index (χ1v) is 8.10. The van der Waals surface area contributed by atoms with Gasteiger partial charge in [0.2, 0.25) is 11.8 Å². The van der Waals surface area contributed by atoms with Crippen molar-refractivity contribution in [2.75, 3.05) is 11.4 Å². The molecule has 1 aromatic carbocycles. The number of rotatable bonds is 5. The van der Waals surface area contributed by atoms with Gasteiger partial charge in [-0.2, -0.15) is 0 Å². The van der Waals surface area contributed by atoms with E-state index in [0.717, 1.165) is 24.1 Å². The minimum absolute atomic E-state index is 0.000587. The molecule has 2 amide bonds. The fourth-order valence-electron chi connectivity index (χ4n) is 2.89. The van der Waals surface area contributed by atoms with Gasteiger partial charge in [-0.25, -0.2) is 0 Å². The number of nitrogens with one attached hydrogen (secondary N) is 1. The molecular weight excluding hydrogens is 276 g/mol. The van der Waals surface area contributed by atoms with Gasteiger partial charge in [0.05, 0.1) is 5.92 Å². The summed E-state index contributed by atoms with van der Waals surface area (Å²) < 4.78 is 0. The maximum Gasteiger partial charge on any atom is 0.227 e. The highest BCUT2D eigenvalue weighted by molar-refractivity contribution is 6.00. The molecule has 120 valence electrons. The van der Waals surface area contributed by atoms with Crippen molar-refractivity contribution in [1.82, 2.24) is 5.32 Å². The number of carbonyl (C=O) groups excluding carboxylic acids is 2. The molecule has 1 saturated heterocycles. The fraction of sp³-hybridized carbons (Fsp3) is 0.556. The molecular formula is C18H26N2O2. The van der Waals surface area contributed by atoms with Crippen LogP contribution in [0.4, 0.5) is 5.69 Å². The number of benzene rings is 1. The Morgan fingerprint density at radius 3 is 2.73 bits per heavy atom. The predicted octanol–water partition coefficient (Wildman–Crippen LogP) is 2.96. The second-order valence-corrected chi connectivity index (χ2v) is 6.37. The maximum absolute atomic E-state index is 12.3. The van der Waals surface area contributed by atoms with Crippen LogP contribution in [0, 0.1) is 19.8 Å². The summed E-state index contributed by atoms with van der Waals surface area (Å²) in [6, 6.07) is 6.17. The first-order chi connectivity index (χ1) is 10.4. The molecule has 0 unspecified atom stereocenters. The van der Waals surface area contributed by atoms with Crippen molar-refractivity contribution < 1.29 is 9.59 Å². The van der Waals surface area contributed by atoms with Gasteiger partial charge >= 0.3 is 0 Å². The van der Waals surface area contributed by atoms with Crippen molar-refractivity contribution in [2.45, 2.75) is 53.0 Å². The summed E-state index contributed by atoms with van der Waals surface area (Å²) in [5.74, 6) is -0.208. The van der Waals surface area contributed by atoms with Crippen LogP contribution in [0.3, 0.4) is 0 Å². The van der Waals surface area contributed by atoms with E-state index in [2.05, 4.69) is 19.2 Å². The molecule has 0 bridgehead atoms. The third-order valence-corrected chi connectivity index (χ3v) is 4.41. The maximum atomic E-state index is 12.3. The zero-order valence-electron chi connectivity index (χ0n) is 14.0. The third-order valence-electron chi connectivity index (χ3n) is 4.41. The summed E-state index contributed by atoms with van der Waals surface area (Å²) in [4.78, 5) is 26.3. The molecule has 4 heteroatoms. The zero-order valence-corrected chi connectivity index (χ0v) is 14.0. The van der Waals surface area contributed by atoms with E-state index in [1.165, 1.54) is 5.56 Å². The minimum Gasteiger partial charge on any atom is -0.353 e. The normalized spacial score (nSPS) is 19.4. The molecule has 1 aliphatic rings. The van der Waals surface area contributed by atoms with Crippen molar-refractivity contribution in [3.63, 3.8) is 0 Å². The Morgan fingerprint density at radius 2 is 2.09 bits per heavy atom. The van der Waals surface area contributed by atoms with E-state index in [1.807, 2.05) is 32.0 Å². The number of amides is 2. The molecule has 0 saturated carbocycles. The predicted molar refractivity (Wildman–Crippen MR) is 88.9 cm³/mol. The van der Waals surface area contributed by atoms with Gasteiger partial charge in [-0.3, -0.25) is 9.59 Å². The van der Waals surface area contributed by atoms with E-state index in [9.17, 15) is 9.59 Å². The summed E-state index contributed by atoms with van der Waals surface area (Å²) >= 11 is 0. The quantitative estimate of drug-likeness (QED) is 0.909. The topological polar surface area (TPSA) is 49.4 Å². The van der Waals surface area contributed by atoms with Crippen LogP contribution in [0.15, 0.2) is 18.2 Å². The summed E-state index contributed by atoms with van der Waals surface area (Å²) in [5.41, 5.74) is 3.26. The highest BCUT2D eigenvalue weighted by Gasteiger charge is 2.35. The smallest absolute Gasteiger partial charge is 0.227 e. The SMILES string of the molecule is CCC[C@@H](C)NC(=O)[C@@H]1CC(=O)N(c2ccc(C)c(C)c2)C1. The molecule has 1 heterocycles. The largest absolute Gasteiger partial charge is 0.353 e. The van der Waals surface area contributed by atoms with E-state index < -0.39 is 0 Å². The number of carbonyl (C=O) groups is 2. The van der Waals surface area contributed by atoms with Crippen LogP contribution in [0.1, 0.15) is 44.2 Å². The third kappa shape index (κ3) is 3.67. The molecule has 0 spiro atoms. The molecule has 2 rings (SSSR count). The van der Waals surface area contributed by atoms with Crippen LogP contribution >= 0.6 is 0 Å². The standard InChI is InChI=1S/C18H26N2O2/c1-5-6-14(4)19-18(22)15-10-17(21)20(11-15)16-8-7-12(2)13(3)9-16/h7-9,14-15H,5-6,10-11H2,1-4H3,(H,19,22)/t14-,15-/m1/s1. The van der Waals surface area contributed by atoms with Crippen LogP contribution in [-0.2, 0) is 9.59 Å². The molecule has 1 aliphatic heterocycles. The molecule has 0 aliphatic carbocycles.